The second-order valence-corrected chi connectivity index (χ2v) is 9.06. The van der Waals surface area contributed by atoms with Crippen molar-refractivity contribution in [1.82, 2.24) is 9.97 Å². The summed E-state index contributed by atoms with van der Waals surface area (Å²) in [6.07, 6.45) is -20.2. The number of rotatable bonds is 6. The molecule has 0 atom stereocenters. The summed E-state index contributed by atoms with van der Waals surface area (Å²) in [5.74, 6) is -0.493. The maximum absolute atomic E-state index is 13.0. The summed E-state index contributed by atoms with van der Waals surface area (Å²) in [4.78, 5) is 25.7. The number of benzene rings is 1. The zero-order chi connectivity index (χ0) is 25.5. The lowest BCUT2D eigenvalue weighted by Crippen LogP contribution is -2.37. The van der Waals surface area contributed by atoms with Crippen molar-refractivity contribution in [2.75, 3.05) is 5.32 Å². The van der Waals surface area contributed by atoms with Crippen molar-refractivity contribution in [2.24, 2.45) is 0 Å². The van der Waals surface area contributed by atoms with Crippen LogP contribution in [0.1, 0.15) is 24.0 Å². The Morgan fingerprint density at radius 3 is 1.76 bits per heavy atom. The highest BCUT2D eigenvalue weighted by molar-refractivity contribution is 7.53. The molecule has 17 heteroatoms. The minimum absolute atomic E-state index is 0.131. The highest BCUT2D eigenvalue weighted by Crippen LogP contribution is 2.65. The number of hydrogen-bond donors (Lipinski definition) is 3. The lowest BCUT2D eigenvalue weighted by Gasteiger charge is -2.36. The quantitative estimate of drug-likeness (QED) is 0.234. The van der Waals surface area contributed by atoms with Crippen LogP contribution in [0.4, 0.5) is 51.1 Å². The second-order valence-electron chi connectivity index (χ2n) is 6.76. The van der Waals surface area contributed by atoms with Gasteiger partial charge in [0.15, 0.2) is 0 Å². The van der Waals surface area contributed by atoms with Gasteiger partial charge in [0.1, 0.15) is 15.9 Å². The van der Waals surface area contributed by atoms with Crippen LogP contribution in [0.25, 0.3) is 0 Å². The van der Waals surface area contributed by atoms with Crippen LogP contribution in [0.2, 0.25) is 5.15 Å². The van der Waals surface area contributed by atoms with E-state index in [1.807, 2.05) is 0 Å². The molecule has 2 rings (SSSR count). The van der Waals surface area contributed by atoms with Gasteiger partial charge < -0.3 is 15.1 Å². The molecule has 6 nitrogen and oxygen atoms in total. The zero-order valence-corrected chi connectivity index (χ0v) is 17.4. The molecule has 0 spiro atoms. The molecule has 1 heterocycles. The predicted octanol–water partition coefficient (Wildman–Crippen LogP) is 6.17. The fourth-order valence-electron chi connectivity index (χ4n) is 2.91. The maximum atomic E-state index is 13.0. The maximum Gasteiger partial charge on any atom is 0.420 e. The van der Waals surface area contributed by atoms with Gasteiger partial charge in [-0.05, 0) is 17.7 Å². The number of nitrogens with zero attached hydrogens (tertiary/aromatic N) is 2. The third-order valence-electron chi connectivity index (χ3n) is 4.27. The fraction of sp³-hybridized carbons (Fsp3) is 0.375. The lowest BCUT2D eigenvalue weighted by molar-refractivity contribution is -0.171. The van der Waals surface area contributed by atoms with Crippen LogP contribution in [0.3, 0.4) is 0 Å². The first kappa shape index (κ1) is 27.2. The lowest BCUT2D eigenvalue weighted by atomic mass is 9.90. The predicted molar refractivity (Wildman–Crippen MR) is 96.8 cm³/mol. The average Bonchev–Trinajstić information content (AvgIpc) is 2.57. The van der Waals surface area contributed by atoms with E-state index in [9.17, 15) is 53.9 Å². The number of nitrogens with one attached hydrogen (secondary N) is 1. The first-order valence-electron chi connectivity index (χ1n) is 8.40. The van der Waals surface area contributed by atoms with Crippen LogP contribution < -0.4 is 5.32 Å². The third-order valence-corrected chi connectivity index (χ3v) is 6.25. The minimum Gasteiger partial charge on any atom is -0.324 e. The van der Waals surface area contributed by atoms with E-state index in [-0.39, 0.29) is 5.69 Å². The third kappa shape index (κ3) is 6.95. The van der Waals surface area contributed by atoms with Crippen molar-refractivity contribution in [3.05, 3.63) is 46.7 Å². The van der Waals surface area contributed by atoms with Crippen LogP contribution >= 0.6 is 19.2 Å². The normalized spacial score (nSPS) is 13.8. The van der Waals surface area contributed by atoms with Gasteiger partial charge in [-0.25, -0.2) is 9.97 Å². The smallest absolute Gasteiger partial charge is 0.324 e. The Balaban J connectivity index is 2.45. The number of aromatic nitrogens is 2. The van der Waals surface area contributed by atoms with Crippen LogP contribution in [-0.2, 0) is 15.9 Å². The van der Waals surface area contributed by atoms with E-state index in [2.05, 4.69) is 15.3 Å². The molecule has 0 amide bonds. The highest BCUT2D eigenvalue weighted by Gasteiger charge is 2.59. The molecule has 3 N–H and O–H groups in total. The summed E-state index contributed by atoms with van der Waals surface area (Å²) < 4.78 is 128. The van der Waals surface area contributed by atoms with Gasteiger partial charge >= 0.3 is 26.1 Å². The number of hydrogen-bond acceptors (Lipinski definition) is 4. The average molecular weight is 532 g/mol. The van der Waals surface area contributed by atoms with E-state index in [1.165, 1.54) is 0 Å². The first-order chi connectivity index (χ1) is 14.7. The van der Waals surface area contributed by atoms with E-state index < -0.39 is 66.4 Å². The van der Waals surface area contributed by atoms with E-state index >= 15 is 0 Å². The molecule has 184 valence electrons. The largest absolute Gasteiger partial charge is 0.420 e. The molecule has 0 aliphatic carbocycles. The standard InChI is InChI=1S/C16H12ClF9N3O3P/c17-11-10(16(24,25)26)5-27-12(29-11)28-9-3-1-8(2-4-9)13(33(30,31)32,6-14(18,19)20)7-15(21,22)23/h1-5H,6-7H2,(H,27,28,29)(H2,30,31,32). The van der Waals surface area contributed by atoms with Gasteiger partial charge in [0, 0.05) is 11.9 Å². The highest BCUT2D eigenvalue weighted by atomic mass is 35.5. The van der Waals surface area contributed by atoms with Gasteiger partial charge in [-0.15, -0.1) is 0 Å². The summed E-state index contributed by atoms with van der Waals surface area (Å²) in [6.45, 7) is 0. The van der Waals surface area contributed by atoms with Crippen molar-refractivity contribution in [3.8, 4) is 0 Å². The summed E-state index contributed by atoms with van der Waals surface area (Å²) in [6, 6.07) is 2.93. The molecule has 0 aliphatic rings. The van der Waals surface area contributed by atoms with Crippen molar-refractivity contribution in [3.63, 3.8) is 0 Å². The van der Waals surface area contributed by atoms with Gasteiger partial charge in [-0.1, -0.05) is 23.7 Å². The Labute approximate surface area is 184 Å². The van der Waals surface area contributed by atoms with Crippen LogP contribution in [0.15, 0.2) is 30.5 Å². The molecular weight excluding hydrogens is 520 g/mol. The van der Waals surface area contributed by atoms with Crippen LogP contribution in [0, 0.1) is 0 Å². The molecule has 0 saturated carbocycles. The van der Waals surface area contributed by atoms with Gasteiger partial charge in [0.05, 0.1) is 12.8 Å². The fourth-order valence-corrected chi connectivity index (χ4v) is 4.40. The Hall–Kier alpha value is -2.09. The van der Waals surface area contributed by atoms with Crippen LogP contribution in [-0.4, -0.2) is 32.1 Å². The Morgan fingerprint density at radius 1 is 0.909 bits per heavy atom. The van der Waals surface area contributed by atoms with Crippen molar-refractivity contribution in [2.45, 2.75) is 36.5 Å². The van der Waals surface area contributed by atoms with E-state index in [0.29, 0.717) is 18.3 Å². The molecule has 33 heavy (non-hydrogen) atoms. The Bertz CT molecular complexity index is 1020. The Kier molecular flexibility index (Phi) is 7.35. The van der Waals surface area contributed by atoms with E-state index in [0.717, 1.165) is 12.1 Å². The van der Waals surface area contributed by atoms with E-state index in [4.69, 9.17) is 11.6 Å². The number of halogens is 10. The molecule has 0 saturated heterocycles. The topological polar surface area (TPSA) is 95.3 Å². The molecule has 0 aliphatic heterocycles. The zero-order valence-electron chi connectivity index (χ0n) is 15.7. The van der Waals surface area contributed by atoms with Crippen molar-refractivity contribution < 1.29 is 53.9 Å². The summed E-state index contributed by atoms with van der Waals surface area (Å²) in [5, 5.41) is -2.31. The first-order valence-corrected chi connectivity index (χ1v) is 10.4. The summed E-state index contributed by atoms with van der Waals surface area (Å²) >= 11 is 5.43. The van der Waals surface area contributed by atoms with Crippen LogP contribution in [0.5, 0.6) is 0 Å². The SMILES string of the molecule is O=P(O)(O)C(CC(F)(F)F)(CC(F)(F)F)c1ccc(Nc2ncc(C(F)(F)F)c(Cl)n2)cc1. The van der Waals surface area contributed by atoms with Gasteiger partial charge in [-0.3, -0.25) is 4.57 Å². The minimum atomic E-state index is -6.04. The molecule has 0 unspecified atom stereocenters. The summed E-state index contributed by atoms with van der Waals surface area (Å²) in [7, 11) is -6.04. The molecule has 2 aromatic rings. The summed E-state index contributed by atoms with van der Waals surface area (Å²) in [5.41, 5.74) is -2.44. The molecular formula is C16H12ClF9N3O3P. The number of anilines is 2. The number of alkyl halides is 9. The van der Waals surface area contributed by atoms with Crippen molar-refractivity contribution >= 4 is 30.8 Å². The Morgan fingerprint density at radius 2 is 1.39 bits per heavy atom. The van der Waals surface area contributed by atoms with Gasteiger partial charge in [-0.2, -0.15) is 39.5 Å². The van der Waals surface area contributed by atoms with Crippen molar-refractivity contribution in [1.29, 1.82) is 0 Å². The van der Waals surface area contributed by atoms with Gasteiger partial charge in [0.2, 0.25) is 5.95 Å². The second kappa shape index (κ2) is 8.93. The molecule has 0 radical (unpaired) electrons. The molecule has 0 fully saturated rings. The molecule has 0 bridgehead atoms. The monoisotopic (exact) mass is 531 g/mol. The molecule has 1 aromatic carbocycles. The van der Waals surface area contributed by atoms with E-state index in [1.54, 1.807) is 0 Å². The molecule has 1 aromatic heterocycles. The van der Waals surface area contributed by atoms with Gasteiger partial charge in [0.25, 0.3) is 0 Å².